The van der Waals surface area contributed by atoms with Gasteiger partial charge in [0.1, 0.15) is 0 Å². The topological polar surface area (TPSA) is 85.2 Å². The van der Waals surface area contributed by atoms with Crippen LogP contribution in [0.5, 0.6) is 11.5 Å². The number of ether oxygens (including phenoxy) is 2. The summed E-state index contributed by atoms with van der Waals surface area (Å²) in [7, 11) is 1.44. The van der Waals surface area contributed by atoms with Gasteiger partial charge in [-0.3, -0.25) is 14.9 Å². The molecule has 148 valence electrons. The smallest absolute Gasteiger partial charge is 0.273 e. The van der Waals surface area contributed by atoms with Crippen LogP contribution in [0.4, 0.5) is 11.4 Å². The molecule has 0 aliphatic carbocycles. The zero-order valence-corrected chi connectivity index (χ0v) is 16.1. The van der Waals surface area contributed by atoms with Crippen LogP contribution in [0.3, 0.4) is 0 Å². The molecule has 1 fully saturated rings. The summed E-state index contributed by atoms with van der Waals surface area (Å²) >= 11 is 6.04. The van der Waals surface area contributed by atoms with E-state index in [9.17, 15) is 14.9 Å². The van der Waals surface area contributed by atoms with E-state index in [0.29, 0.717) is 37.0 Å². The number of halogens is 1. The van der Waals surface area contributed by atoms with Crippen LogP contribution in [0, 0.1) is 10.1 Å². The van der Waals surface area contributed by atoms with Gasteiger partial charge in [-0.2, -0.15) is 0 Å². The Morgan fingerprint density at radius 1 is 1.14 bits per heavy atom. The normalized spacial score (nSPS) is 13.9. The number of methoxy groups -OCH3 is 1. The molecule has 3 rings (SSSR count). The highest BCUT2D eigenvalue weighted by molar-refractivity contribution is 6.30. The van der Waals surface area contributed by atoms with Crippen LogP contribution in [-0.2, 0) is 4.79 Å². The van der Waals surface area contributed by atoms with Crippen LogP contribution >= 0.6 is 11.6 Å². The first kappa shape index (κ1) is 19.8. The second-order valence-corrected chi connectivity index (χ2v) is 6.67. The molecule has 0 atom stereocenters. The minimum Gasteiger partial charge on any atom is -0.493 e. The molecular formula is C19H20ClN3O5. The average molecular weight is 406 g/mol. The third kappa shape index (κ3) is 4.64. The first-order valence-electron chi connectivity index (χ1n) is 8.71. The van der Waals surface area contributed by atoms with Crippen molar-refractivity contribution in [3.05, 3.63) is 57.6 Å². The van der Waals surface area contributed by atoms with E-state index in [-0.39, 0.29) is 24.0 Å². The summed E-state index contributed by atoms with van der Waals surface area (Å²) in [6, 6.07) is 11.6. The van der Waals surface area contributed by atoms with E-state index < -0.39 is 4.92 Å². The Morgan fingerprint density at radius 3 is 2.54 bits per heavy atom. The summed E-state index contributed by atoms with van der Waals surface area (Å²) in [5, 5.41) is 11.6. The van der Waals surface area contributed by atoms with Crippen LogP contribution in [0.25, 0.3) is 0 Å². The van der Waals surface area contributed by atoms with E-state index in [2.05, 4.69) is 4.90 Å². The highest BCUT2D eigenvalue weighted by Gasteiger charge is 2.22. The lowest BCUT2D eigenvalue weighted by Crippen LogP contribution is -2.50. The SMILES string of the molecule is COc1ccc([N+](=O)[O-])cc1OCC(=O)N1CCN(c2cccc(Cl)c2)CC1. The molecule has 28 heavy (non-hydrogen) atoms. The fourth-order valence-corrected chi connectivity index (χ4v) is 3.19. The van der Waals surface area contributed by atoms with Crippen molar-refractivity contribution in [1.29, 1.82) is 0 Å². The molecule has 2 aromatic carbocycles. The lowest BCUT2D eigenvalue weighted by molar-refractivity contribution is -0.385. The zero-order chi connectivity index (χ0) is 20.1. The number of amides is 1. The molecule has 9 heteroatoms. The average Bonchev–Trinajstić information content (AvgIpc) is 2.71. The maximum Gasteiger partial charge on any atom is 0.273 e. The molecule has 0 radical (unpaired) electrons. The van der Waals surface area contributed by atoms with E-state index in [1.807, 2.05) is 24.3 Å². The molecule has 0 bridgehead atoms. The number of carbonyl (C=O) groups excluding carboxylic acids is 1. The van der Waals surface area contributed by atoms with Crippen LogP contribution in [0.2, 0.25) is 5.02 Å². The van der Waals surface area contributed by atoms with Crippen molar-refractivity contribution in [2.24, 2.45) is 0 Å². The van der Waals surface area contributed by atoms with Gasteiger partial charge in [-0.1, -0.05) is 17.7 Å². The molecular weight excluding hydrogens is 386 g/mol. The van der Waals surface area contributed by atoms with Gasteiger partial charge in [0.05, 0.1) is 18.1 Å². The Hall–Kier alpha value is -3.00. The lowest BCUT2D eigenvalue weighted by atomic mass is 10.2. The number of nitro groups is 1. The van der Waals surface area contributed by atoms with Crippen molar-refractivity contribution in [3.63, 3.8) is 0 Å². The van der Waals surface area contributed by atoms with Gasteiger partial charge in [-0.05, 0) is 24.3 Å². The maximum atomic E-state index is 12.5. The molecule has 1 aliphatic rings. The van der Waals surface area contributed by atoms with Crippen molar-refractivity contribution in [2.75, 3.05) is 44.8 Å². The predicted molar refractivity (Wildman–Crippen MR) is 105 cm³/mol. The van der Waals surface area contributed by atoms with Crippen molar-refractivity contribution in [2.45, 2.75) is 0 Å². The fourth-order valence-electron chi connectivity index (χ4n) is 3.01. The van der Waals surface area contributed by atoms with Gasteiger partial charge in [-0.15, -0.1) is 0 Å². The Bertz CT molecular complexity index is 868. The van der Waals surface area contributed by atoms with Gasteiger partial charge in [0, 0.05) is 43.0 Å². The van der Waals surface area contributed by atoms with E-state index in [1.54, 1.807) is 4.90 Å². The highest BCUT2D eigenvalue weighted by Crippen LogP contribution is 2.31. The van der Waals surface area contributed by atoms with Crippen molar-refractivity contribution in [3.8, 4) is 11.5 Å². The molecule has 1 saturated heterocycles. The third-order valence-corrected chi connectivity index (χ3v) is 4.75. The van der Waals surface area contributed by atoms with Crippen LogP contribution in [-0.4, -0.2) is 55.6 Å². The largest absolute Gasteiger partial charge is 0.493 e. The molecule has 0 saturated carbocycles. The molecule has 0 N–H and O–H groups in total. The number of rotatable bonds is 6. The van der Waals surface area contributed by atoms with Gasteiger partial charge in [0.15, 0.2) is 18.1 Å². The second-order valence-electron chi connectivity index (χ2n) is 6.23. The zero-order valence-electron chi connectivity index (χ0n) is 15.3. The van der Waals surface area contributed by atoms with E-state index >= 15 is 0 Å². The molecule has 0 spiro atoms. The summed E-state index contributed by atoms with van der Waals surface area (Å²) in [4.78, 5) is 26.8. The minimum absolute atomic E-state index is 0.126. The Kier molecular flexibility index (Phi) is 6.20. The van der Waals surface area contributed by atoms with Gasteiger partial charge < -0.3 is 19.3 Å². The number of nitro benzene ring substituents is 1. The first-order chi connectivity index (χ1) is 13.5. The molecule has 0 unspecified atom stereocenters. The lowest BCUT2D eigenvalue weighted by Gasteiger charge is -2.36. The Morgan fingerprint density at radius 2 is 1.89 bits per heavy atom. The quantitative estimate of drug-likeness (QED) is 0.542. The molecule has 1 aliphatic heterocycles. The van der Waals surface area contributed by atoms with Gasteiger partial charge in [0.2, 0.25) is 0 Å². The highest BCUT2D eigenvalue weighted by atomic mass is 35.5. The minimum atomic E-state index is -0.525. The van der Waals surface area contributed by atoms with Crippen molar-refractivity contribution >= 4 is 28.9 Å². The van der Waals surface area contributed by atoms with Crippen LogP contribution < -0.4 is 14.4 Å². The standard InChI is InChI=1S/C19H20ClN3O5/c1-27-17-6-5-16(23(25)26)12-18(17)28-13-19(24)22-9-7-21(8-10-22)15-4-2-3-14(20)11-15/h2-6,11-12H,7-10,13H2,1H3. The fraction of sp³-hybridized carbons (Fsp3) is 0.316. The van der Waals surface area contributed by atoms with Crippen molar-refractivity contribution < 1.29 is 19.2 Å². The van der Waals surface area contributed by atoms with Crippen LogP contribution in [0.15, 0.2) is 42.5 Å². The predicted octanol–water partition coefficient (Wildman–Crippen LogP) is 2.98. The Balaban J connectivity index is 1.56. The number of nitrogens with zero attached hydrogens (tertiary/aromatic N) is 3. The van der Waals surface area contributed by atoms with Gasteiger partial charge >= 0.3 is 0 Å². The number of piperazine rings is 1. The molecule has 2 aromatic rings. The molecule has 1 amide bonds. The van der Waals surface area contributed by atoms with Gasteiger partial charge in [0.25, 0.3) is 11.6 Å². The number of benzene rings is 2. The van der Waals surface area contributed by atoms with E-state index in [4.69, 9.17) is 21.1 Å². The number of non-ortho nitro benzene ring substituents is 1. The Labute approximate surface area is 167 Å². The summed E-state index contributed by atoms with van der Waals surface area (Å²) < 4.78 is 10.6. The second kappa shape index (κ2) is 8.79. The number of hydrogen-bond donors (Lipinski definition) is 0. The third-order valence-electron chi connectivity index (χ3n) is 4.51. The monoisotopic (exact) mass is 405 g/mol. The number of carbonyl (C=O) groups is 1. The van der Waals surface area contributed by atoms with Crippen LogP contribution in [0.1, 0.15) is 0 Å². The van der Waals surface area contributed by atoms with Gasteiger partial charge in [-0.25, -0.2) is 0 Å². The number of hydrogen-bond acceptors (Lipinski definition) is 6. The number of anilines is 1. The van der Waals surface area contributed by atoms with E-state index in [1.165, 1.54) is 25.3 Å². The maximum absolute atomic E-state index is 12.5. The van der Waals surface area contributed by atoms with Crippen molar-refractivity contribution in [1.82, 2.24) is 4.90 Å². The summed E-state index contributed by atoms with van der Waals surface area (Å²) in [5.41, 5.74) is 0.899. The summed E-state index contributed by atoms with van der Waals surface area (Å²) in [6.07, 6.45) is 0. The summed E-state index contributed by atoms with van der Waals surface area (Å²) in [5.74, 6) is 0.325. The van der Waals surface area contributed by atoms with E-state index in [0.717, 1.165) is 5.69 Å². The molecule has 8 nitrogen and oxygen atoms in total. The molecule has 1 heterocycles. The molecule has 0 aromatic heterocycles. The summed E-state index contributed by atoms with van der Waals surface area (Å²) in [6.45, 7) is 2.27. The first-order valence-corrected chi connectivity index (χ1v) is 9.09.